The maximum atomic E-state index is 12.6. The van der Waals surface area contributed by atoms with Crippen LogP contribution in [0.2, 0.25) is 0 Å². The lowest BCUT2D eigenvalue weighted by Gasteiger charge is -2.21. The van der Waals surface area contributed by atoms with E-state index >= 15 is 0 Å². The Morgan fingerprint density at radius 3 is 2.71 bits per heavy atom. The summed E-state index contributed by atoms with van der Waals surface area (Å²) in [5, 5.41) is 9.86. The summed E-state index contributed by atoms with van der Waals surface area (Å²) < 4.78 is 5.26. The third-order valence-corrected chi connectivity index (χ3v) is 4.16. The molecule has 1 aliphatic rings. The Morgan fingerprint density at radius 1 is 1.21 bits per heavy atom. The molecule has 0 saturated heterocycles. The lowest BCUT2D eigenvalue weighted by Crippen LogP contribution is -2.39. The Hall–Kier alpha value is -2.82. The van der Waals surface area contributed by atoms with E-state index in [1.165, 1.54) is 12.1 Å². The molecule has 0 bridgehead atoms. The zero-order valence-corrected chi connectivity index (χ0v) is 13.7. The van der Waals surface area contributed by atoms with E-state index in [0.29, 0.717) is 6.54 Å². The van der Waals surface area contributed by atoms with Crippen LogP contribution in [0.5, 0.6) is 5.75 Å². The van der Waals surface area contributed by atoms with E-state index in [1.807, 2.05) is 31.2 Å². The number of fused-ring (bicyclic) bond motifs is 1. The van der Waals surface area contributed by atoms with Crippen LogP contribution in [0.4, 0.5) is 5.69 Å². The highest BCUT2D eigenvalue weighted by Gasteiger charge is 2.30. The molecule has 2 aromatic carbocycles. The Labute approximate surface area is 140 Å². The third-order valence-electron chi connectivity index (χ3n) is 4.16. The van der Waals surface area contributed by atoms with Crippen LogP contribution in [-0.4, -0.2) is 29.6 Å². The summed E-state index contributed by atoms with van der Waals surface area (Å²) >= 11 is 0. The van der Waals surface area contributed by atoms with E-state index in [2.05, 4.69) is 0 Å². The molecule has 1 N–H and O–H groups in total. The van der Waals surface area contributed by atoms with Gasteiger partial charge in [-0.2, -0.15) is 0 Å². The molecular formula is C19H19NO4. The van der Waals surface area contributed by atoms with E-state index in [0.717, 1.165) is 23.2 Å². The Kier molecular flexibility index (Phi) is 4.25. The van der Waals surface area contributed by atoms with E-state index in [9.17, 15) is 14.7 Å². The molecule has 0 saturated carbocycles. The molecule has 5 nitrogen and oxygen atoms in total. The van der Waals surface area contributed by atoms with Crippen LogP contribution in [0.15, 0.2) is 42.5 Å². The zero-order valence-electron chi connectivity index (χ0n) is 13.7. The molecule has 0 aromatic heterocycles. The van der Waals surface area contributed by atoms with E-state index in [1.54, 1.807) is 17.9 Å². The smallest absolute Gasteiger partial charge is 0.342 e. The summed E-state index contributed by atoms with van der Waals surface area (Å²) in [5.74, 6) is -1.12. The minimum Gasteiger partial charge on any atom is -0.507 e. The molecule has 1 aliphatic heterocycles. The normalized spacial score (nSPS) is 14.2. The molecule has 0 aliphatic carbocycles. The molecular weight excluding hydrogens is 306 g/mol. The minimum absolute atomic E-state index is 0.0575. The van der Waals surface area contributed by atoms with Gasteiger partial charge in [0.15, 0.2) is 6.10 Å². The number of carbonyl (C=O) groups is 2. The largest absolute Gasteiger partial charge is 0.507 e. The van der Waals surface area contributed by atoms with Crippen molar-refractivity contribution in [3.05, 3.63) is 59.2 Å². The first-order valence-electron chi connectivity index (χ1n) is 7.87. The van der Waals surface area contributed by atoms with Crippen molar-refractivity contribution in [3.8, 4) is 5.75 Å². The summed E-state index contributed by atoms with van der Waals surface area (Å²) in [4.78, 5) is 26.4. The van der Waals surface area contributed by atoms with Crippen molar-refractivity contribution in [2.75, 3.05) is 11.4 Å². The number of hydrogen-bond donors (Lipinski definition) is 1. The number of phenolic OH excluding ortho intramolecular Hbond substituents is 1. The first kappa shape index (κ1) is 16.1. The van der Waals surface area contributed by atoms with Crippen LogP contribution < -0.4 is 4.90 Å². The third kappa shape index (κ3) is 2.97. The van der Waals surface area contributed by atoms with Gasteiger partial charge in [0, 0.05) is 12.2 Å². The van der Waals surface area contributed by atoms with Crippen molar-refractivity contribution in [1.82, 2.24) is 0 Å². The maximum absolute atomic E-state index is 12.6. The van der Waals surface area contributed by atoms with Gasteiger partial charge in [-0.1, -0.05) is 24.3 Å². The van der Waals surface area contributed by atoms with Crippen LogP contribution in [0.25, 0.3) is 0 Å². The van der Waals surface area contributed by atoms with Gasteiger partial charge in [0.2, 0.25) is 0 Å². The number of aromatic hydroxyl groups is 1. The number of carbonyl (C=O) groups excluding carboxylic acids is 2. The lowest BCUT2D eigenvalue weighted by atomic mass is 10.1. The second kappa shape index (κ2) is 6.35. The SMILES string of the molecule is Cc1ccc(C(=O)O[C@H](C)C(=O)N2CCc3ccccc32)c(O)c1. The van der Waals surface area contributed by atoms with E-state index in [-0.39, 0.29) is 17.2 Å². The van der Waals surface area contributed by atoms with Crippen LogP contribution in [0.1, 0.15) is 28.4 Å². The standard InChI is InChI=1S/C19H19NO4/c1-12-7-8-15(17(21)11-12)19(23)24-13(2)18(22)20-10-9-14-5-3-4-6-16(14)20/h3-8,11,13,21H,9-10H2,1-2H3/t13-/m1/s1. The number of phenols is 1. The van der Waals surface area contributed by atoms with E-state index in [4.69, 9.17) is 4.74 Å². The van der Waals surface area contributed by atoms with Gasteiger partial charge in [0.25, 0.3) is 5.91 Å². The van der Waals surface area contributed by atoms with Crippen molar-refractivity contribution < 1.29 is 19.4 Å². The molecule has 0 radical (unpaired) electrons. The number of ether oxygens (including phenoxy) is 1. The number of amides is 1. The van der Waals surface area contributed by atoms with Gasteiger partial charge >= 0.3 is 5.97 Å². The van der Waals surface area contributed by atoms with Gasteiger partial charge in [0.05, 0.1) is 0 Å². The second-order valence-electron chi connectivity index (χ2n) is 5.94. The predicted molar refractivity (Wildman–Crippen MR) is 90.2 cm³/mol. The summed E-state index contributed by atoms with van der Waals surface area (Å²) in [6.07, 6.45) is -0.134. The topological polar surface area (TPSA) is 66.8 Å². The Balaban J connectivity index is 1.72. The average molecular weight is 325 g/mol. The minimum atomic E-state index is -0.927. The van der Waals surface area contributed by atoms with Crippen LogP contribution in [0.3, 0.4) is 0 Å². The summed E-state index contributed by atoms with van der Waals surface area (Å²) in [6.45, 7) is 3.94. The molecule has 2 aromatic rings. The second-order valence-corrected chi connectivity index (χ2v) is 5.94. The van der Waals surface area contributed by atoms with Crippen LogP contribution in [-0.2, 0) is 16.0 Å². The maximum Gasteiger partial charge on any atom is 0.342 e. The highest BCUT2D eigenvalue weighted by molar-refractivity contribution is 6.00. The van der Waals surface area contributed by atoms with E-state index < -0.39 is 12.1 Å². The number of nitrogens with zero attached hydrogens (tertiary/aromatic N) is 1. The van der Waals surface area contributed by atoms with Crippen molar-refractivity contribution in [1.29, 1.82) is 0 Å². The Morgan fingerprint density at radius 2 is 1.96 bits per heavy atom. The number of aryl methyl sites for hydroxylation is 1. The van der Waals surface area contributed by atoms with Crippen molar-refractivity contribution in [2.24, 2.45) is 0 Å². The van der Waals surface area contributed by atoms with Crippen molar-refractivity contribution >= 4 is 17.6 Å². The fourth-order valence-electron chi connectivity index (χ4n) is 2.88. The molecule has 3 rings (SSSR count). The van der Waals surface area contributed by atoms with Crippen LogP contribution in [0, 0.1) is 6.92 Å². The lowest BCUT2D eigenvalue weighted by molar-refractivity contribution is -0.126. The molecule has 24 heavy (non-hydrogen) atoms. The highest BCUT2D eigenvalue weighted by atomic mass is 16.5. The Bertz CT molecular complexity index is 800. The average Bonchev–Trinajstić information content (AvgIpc) is 2.97. The number of anilines is 1. The molecule has 5 heteroatoms. The fourth-order valence-corrected chi connectivity index (χ4v) is 2.88. The van der Waals surface area contributed by atoms with Crippen molar-refractivity contribution in [3.63, 3.8) is 0 Å². The van der Waals surface area contributed by atoms with Crippen LogP contribution >= 0.6 is 0 Å². The molecule has 1 heterocycles. The molecule has 0 unspecified atom stereocenters. The van der Waals surface area contributed by atoms with Gasteiger partial charge in [-0.05, 0) is 49.6 Å². The number of rotatable bonds is 3. The zero-order chi connectivity index (χ0) is 17.3. The van der Waals surface area contributed by atoms with Gasteiger partial charge in [-0.25, -0.2) is 4.79 Å². The highest BCUT2D eigenvalue weighted by Crippen LogP contribution is 2.28. The summed E-state index contributed by atoms with van der Waals surface area (Å²) in [5.41, 5.74) is 2.87. The van der Waals surface area contributed by atoms with Crippen molar-refractivity contribution in [2.45, 2.75) is 26.4 Å². The predicted octanol–water partition coefficient (Wildman–Crippen LogP) is 2.84. The first-order chi connectivity index (χ1) is 11.5. The number of esters is 1. The first-order valence-corrected chi connectivity index (χ1v) is 7.87. The molecule has 1 atom stereocenters. The fraction of sp³-hybridized carbons (Fsp3) is 0.263. The number of benzene rings is 2. The molecule has 0 spiro atoms. The van der Waals surface area contributed by atoms with Gasteiger partial charge in [-0.3, -0.25) is 4.79 Å². The number of para-hydroxylation sites is 1. The molecule has 0 fully saturated rings. The van der Waals surface area contributed by atoms with Gasteiger partial charge < -0.3 is 14.7 Å². The van der Waals surface area contributed by atoms with Gasteiger partial charge in [0.1, 0.15) is 11.3 Å². The molecule has 124 valence electrons. The summed E-state index contributed by atoms with van der Waals surface area (Å²) in [7, 11) is 0. The number of hydrogen-bond acceptors (Lipinski definition) is 4. The molecule has 1 amide bonds. The summed E-state index contributed by atoms with van der Waals surface area (Å²) in [6, 6.07) is 12.4. The quantitative estimate of drug-likeness (QED) is 0.881. The van der Waals surface area contributed by atoms with Gasteiger partial charge in [-0.15, -0.1) is 0 Å². The monoisotopic (exact) mass is 325 g/mol.